The zero-order chi connectivity index (χ0) is 13.1. The van der Waals surface area contributed by atoms with Gasteiger partial charge in [0.15, 0.2) is 0 Å². The van der Waals surface area contributed by atoms with Crippen LogP contribution in [0.25, 0.3) is 0 Å². The fourth-order valence-corrected chi connectivity index (χ4v) is 2.95. The quantitative estimate of drug-likeness (QED) is 0.893. The third-order valence-corrected chi connectivity index (χ3v) is 3.95. The molecule has 2 unspecified atom stereocenters. The van der Waals surface area contributed by atoms with Crippen LogP contribution in [-0.4, -0.2) is 24.5 Å². The van der Waals surface area contributed by atoms with E-state index in [9.17, 15) is 4.39 Å². The van der Waals surface area contributed by atoms with E-state index in [-0.39, 0.29) is 11.9 Å². The molecule has 1 aromatic rings. The van der Waals surface area contributed by atoms with Gasteiger partial charge in [0, 0.05) is 19.1 Å². The van der Waals surface area contributed by atoms with E-state index in [0.717, 1.165) is 24.2 Å². The van der Waals surface area contributed by atoms with Crippen molar-refractivity contribution in [3.8, 4) is 0 Å². The summed E-state index contributed by atoms with van der Waals surface area (Å²) in [5, 5.41) is 0. The molecule has 0 saturated carbocycles. The Morgan fingerprint density at radius 1 is 1.50 bits per heavy atom. The van der Waals surface area contributed by atoms with Gasteiger partial charge >= 0.3 is 0 Å². The monoisotopic (exact) mass is 250 g/mol. The molecule has 1 aliphatic heterocycles. The van der Waals surface area contributed by atoms with Crippen molar-refractivity contribution in [3.05, 3.63) is 35.1 Å². The summed E-state index contributed by atoms with van der Waals surface area (Å²) in [5.74, 6) is 0.542. The van der Waals surface area contributed by atoms with E-state index in [2.05, 4.69) is 11.8 Å². The average molecular weight is 250 g/mol. The second kappa shape index (κ2) is 5.81. The summed E-state index contributed by atoms with van der Waals surface area (Å²) in [4.78, 5) is 2.41. The molecule has 1 aliphatic rings. The van der Waals surface area contributed by atoms with Crippen molar-refractivity contribution in [2.24, 2.45) is 11.7 Å². The first-order valence-electron chi connectivity index (χ1n) is 6.82. The highest BCUT2D eigenvalue weighted by Gasteiger charge is 2.25. The van der Waals surface area contributed by atoms with Crippen LogP contribution in [0, 0.1) is 18.7 Å². The van der Waals surface area contributed by atoms with E-state index in [1.54, 1.807) is 6.07 Å². The van der Waals surface area contributed by atoms with Crippen molar-refractivity contribution in [1.29, 1.82) is 0 Å². The van der Waals surface area contributed by atoms with Gasteiger partial charge in [-0.05, 0) is 55.5 Å². The van der Waals surface area contributed by atoms with Crippen molar-refractivity contribution in [2.45, 2.75) is 32.7 Å². The Kier molecular flexibility index (Phi) is 4.36. The van der Waals surface area contributed by atoms with Crippen molar-refractivity contribution < 1.29 is 4.39 Å². The van der Waals surface area contributed by atoms with Crippen molar-refractivity contribution in [3.63, 3.8) is 0 Å². The first-order chi connectivity index (χ1) is 8.61. The second-order valence-corrected chi connectivity index (χ2v) is 5.49. The third kappa shape index (κ3) is 2.90. The van der Waals surface area contributed by atoms with Gasteiger partial charge in [-0.3, -0.25) is 4.90 Å². The van der Waals surface area contributed by atoms with E-state index >= 15 is 0 Å². The zero-order valence-electron chi connectivity index (χ0n) is 11.3. The summed E-state index contributed by atoms with van der Waals surface area (Å²) in [5.41, 5.74) is 8.11. The van der Waals surface area contributed by atoms with E-state index < -0.39 is 0 Å². The van der Waals surface area contributed by atoms with E-state index in [0.29, 0.717) is 12.5 Å². The minimum absolute atomic E-state index is 0.156. The highest BCUT2D eigenvalue weighted by Crippen LogP contribution is 2.28. The summed E-state index contributed by atoms with van der Waals surface area (Å²) >= 11 is 0. The van der Waals surface area contributed by atoms with Gasteiger partial charge in [-0.2, -0.15) is 0 Å². The van der Waals surface area contributed by atoms with Crippen LogP contribution >= 0.6 is 0 Å². The van der Waals surface area contributed by atoms with Crippen LogP contribution in [0.5, 0.6) is 0 Å². The van der Waals surface area contributed by atoms with Gasteiger partial charge in [-0.25, -0.2) is 4.39 Å². The summed E-state index contributed by atoms with van der Waals surface area (Å²) in [6.45, 7) is 7.00. The number of hydrogen-bond acceptors (Lipinski definition) is 2. The lowest BCUT2D eigenvalue weighted by molar-refractivity contribution is 0.132. The number of benzene rings is 1. The molecule has 18 heavy (non-hydrogen) atoms. The summed E-state index contributed by atoms with van der Waals surface area (Å²) in [6, 6.07) is 5.17. The number of likely N-dealkylation sites (tertiary alicyclic amines) is 1. The molecule has 0 aliphatic carbocycles. The molecule has 1 fully saturated rings. The SMILES string of the molecule is Cc1ccc(F)cc1C(CN)N1CCCC(C)C1. The normalized spacial score (nSPS) is 23.0. The smallest absolute Gasteiger partial charge is 0.123 e. The number of rotatable bonds is 3. The molecular weight excluding hydrogens is 227 g/mol. The predicted octanol–water partition coefficient (Wildman–Crippen LogP) is 2.87. The molecular formula is C15H23FN2. The van der Waals surface area contributed by atoms with Crippen molar-refractivity contribution in [2.75, 3.05) is 19.6 Å². The van der Waals surface area contributed by atoms with Gasteiger partial charge in [0.05, 0.1) is 0 Å². The van der Waals surface area contributed by atoms with Crippen LogP contribution in [0.2, 0.25) is 0 Å². The Morgan fingerprint density at radius 2 is 2.28 bits per heavy atom. The lowest BCUT2D eigenvalue weighted by Gasteiger charge is -2.37. The molecule has 0 aromatic heterocycles. The van der Waals surface area contributed by atoms with Crippen LogP contribution in [0.1, 0.15) is 36.9 Å². The number of piperidine rings is 1. The lowest BCUT2D eigenvalue weighted by Crippen LogP contribution is -2.40. The van der Waals surface area contributed by atoms with Gasteiger partial charge in [-0.1, -0.05) is 13.0 Å². The molecule has 100 valence electrons. The maximum Gasteiger partial charge on any atom is 0.123 e. The standard InChI is InChI=1S/C15H23FN2/c1-11-4-3-7-18(10-11)15(9-17)14-8-13(16)6-5-12(14)2/h5-6,8,11,15H,3-4,7,9-10,17H2,1-2H3. The highest BCUT2D eigenvalue weighted by atomic mass is 19.1. The molecule has 2 N–H and O–H groups in total. The Morgan fingerprint density at radius 3 is 2.94 bits per heavy atom. The molecule has 1 heterocycles. The fraction of sp³-hybridized carbons (Fsp3) is 0.600. The van der Waals surface area contributed by atoms with Gasteiger partial charge in [0.2, 0.25) is 0 Å². The zero-order valence-corrected chi connectivity index (χ0v) is 11.3. The number of nitrogens with two attached hydrogens (primary N) is 1. The predicted molar refractivity (Wildman–Crippen MR) is 72.9 cm³/mol. The summed E-state index contributed by atoms with van der Waals surface area (Å²) in [6.07, 6.45) is 2.50. The van der Waals surface area contributed by atoms with E-state index in [1.807, 2.05) is 13.0 Å². The maximum absolute atomic E-state index is 13.4. The molecule has 0 spiro atoms. The Bertz CT molecular complexity index is 405. The number of nitrogens with zero attached hydrogens (tertiary/aromatic N) is 1. The van der Waals surface area contributed by atoms with Crippen LogP contribution < -0.4 is 5.73 Å². The third-order valence-electron chi connectivity index (χ3n) is 3.95. The molecule has 2 nitrogen and oxygen atoms in total. The summed E-state index contributed by atoms with van der Waals surface area (Å²) in [7, 11) is 0. The van der Waals surface area contributed by atoms with Gasteiger partial charge in [0.1, 0.15) is 5.82 Å². The molecule has 1 saturated heterocycles. The fourth-order valence-electron chi connectivity index (χ4n) is 2.95. The molecule has 0 amide bonds. The Hall–Kier alpha value is -0.930. The molecule has 0 radical (unpaired) electrons. The first kappa shape index (κ1) is 13.5. The van der Waals surface area contributed by atoms with Crippen LogP contribution in [-0.2, 0) is 0 Å². The van der Waals surface area contributed by atoms with Crippen molar-refractivity contribution in [1.82, 2.24) is 4.90 Å². The van der Waals surface area contributed by atoms with Crippen LogP contribution in [0.15, 0.2) is 18.2 Å². The second-order valence-electron chi connectivity index (χ2n) is 5.49. The van der Waals surface area contributed by atoms with Gasteiger partial charge < -0.3 is 5.73 Å². The molecule has 3 heteroatoms. The van der Waals surface area contributed by atoms with Gasteiger partial charge in [-0.15, -0.1) is 0 Å². The minimum atomic E-state index is -0.167. The van der Waals surface area contributed by atoms with Crippen LogP contribution in [0.3, 0.4) is 0 Å². The van der Waals surface area contributed by atoms with Gasteiger partial charge in [0.25, 0.3) is 0 Å². The highest BCUT2D eigenvalue weighted by molar-refractivity contribution is 5.30. The van der Waals surface area contributed by atoms with Crippen molar-refractivity contribution >= 4 is 0 Å². The molecule has 2 atom stereocenters. The number of aryl methyl sites for hydroxylation is 1. The van der Waals surface area contributed by atoms with E-state index in [1.165, 1.54) is 18.9 Å². The lowest BCUT2D eigenvalue weighted by atomic mass is 9.94. The Balaban J connectivity index is 2.24. The van der Waals surface area contributed by atoms with Crippen LogP contribution in [0.4, 0.5) is 4.39 Å². The molecule has 0 bridgehead atoms. The first-order valence-corrected chi connectivity index (χ1v) is 6.82. The van der Waals surface area contributed by atoms with E-state index in [4.69, 9.17) is 5.73 Å². The minimum Gasteiger partial charge on any atom is -0.329 e. The topological polar surface area (TPSA) is 29.3 Å². The maximum atomic E-state index is 13.4. The molecule has 1 aromatic carbocycles. The Labute approximate surface area is 109 Å². The number of hydrogen-bond donors (Lipinski definition) is 1. The number of halogens is 1. The average Bonchev–Trinajstić information content (AvgIpc) is 2.35. The summed E-state index contributed by atoms with van der Waals surface area (Å²) < 4.78 is 13.4. The molecule has 2 rings (SSSR count). The largest absolute Gasteiger partial charge is 0.329 e.